The second-order valence-electron chi connectivity index (χ2n) is 6.44. The lowest BCUT2D eigenvalue weighted by Gasteiger charge is -2.41. The lowest BCUT2D eigenvalue weighted by Crippen LogP contribution is -2.42. The zero-order valence-corrected chi connectivity index (χ0v) is 13.7. The molecule has 2 unspecified atom stereocenters. The fourth-order valence-electron chi connectivity index (χ4n) is 4.07. The van der Waals surface area contributed by atoms with Crippen molar-refractivity contribution in [1.29, 1.82) is 0 Å². The molecule has 2 atom stereocenters. The van der Waals surface area contributed by atoms with Crippen LogP contribution in [0.1, 0.15) is 32.1 Å². The van der Waals surface area contributed by atoms with Crippen LogP contribution in [0.2, 0.25) is 0 Å². The van der Waals surface area contributed by atoms with E-state index in [4.69, 9.17) is 0 Å². The number of hydrogen-bond acceptors (Lipinski definition) is 3. The molecule has 4 rings (SSSR count). The average Bonchev–Trinajstić information content (AvgIpc) is 2.53. The Morgan fingerprint density at radius 1 is 1.10 bits per heavy atom. The van der Waals surface area contributed by atoms with Gasteiger partial charge < -0.3 is 4.90 Å². The number of piperidine rings is 1. The van der Waals surface area contributed by atoms with Gasteiger partial charge in [-0.15, -0.1) is 5.10 Å². The fraction of sp³-hybridized carbons (Fsp3) is 0.529. The highest BCUT2D eigenvalue weighted by Gasteiger charge is 2.32. The van der Waals surface area contributed by atoms with Crippen molar-refractivity contribution < 1.29 is 0 Å². The minimum absolute atomic E-state index is 0.861. The Balaban J connectivity index is 1.67. The fourth-order valence-corrected chi connectivity index (χ4v) is 4.45. The van der Waals surface area contributed by atoms with Gasteiger partial charge in [-0.3, -0.25) is 0 Å². The monoisotopic (exact) mass is 345 g/mol. The maximum absolute atomic E-state index is 4.46. The second kappa shape index (κ2) is 5.56. The Bertz CT molecular complexity index is 658. The normalized spacial score (nSPS) is 25.9. The van der Waals surface area contributed by atoms with E-state index < -0.39 is 0 Å². The van der Waals surface area contributed by atoms with Crippen LogP contribution in [0.3, 0.4) is 0 Å². The molecular weight excluding hydrogens is 326 g/mol. The number of nitrogens with zero attached hydrogens (tertiary/aromatic N) is 3. The van der Waals surface area contributed by atoms with E-state index in [9.17, 15) is 0 Å². The molecular formula is C17H20BrN3. The maximum atomic E-state index is 4.46. The predicted molar refractivity (Wildman–Crippen MR) is 89.5 cm³/mol. The van der Waals surface area contributed by atoms with Gasteiger partial charge in [-0.1, -0.05) is 35.2 Å². The molecule has 2 aromatic rings. The largest absolute Gasteiger partial charge is 0.354 e. The average molecular weight is 346 g/mol. The van der Waals surface area contributed by atoms with Crippen LogP contribution in [0, 0.1) is 11.8 Å². The smallest absolute Gasteiger partial charge is 0.159 e. The molecule has 1 aliphatic heterocycles. The summed E-state index contributed by atoms with van der Waals surface area (Å²) < 4.78 is 1.10. The second-order valence-corrected chi connectivity index (χ2v) is 7.35. The highest BCUT2D eigenvalue weighted by atomic mass is 79.9. The third kappa shape index (κ3) is 2.54. The Labute approximate surface area is 133 Å². The van der Waals surface area contributed by atoms with Gasteiger partial charge in [-0.25, -0.2) is 0 Å². The molecule has 1 aromatic carbocycles. The highest BCUT2D eigenvalue weighted by molar-refractivity contribution is 9.10. The number of hydrogen-bond donors (Lipinski definition) is 0. The van der Waals surface area contributed by atoms with E-state index >= 15 is 0 Å². The van der Waals surface area contributed by atoms with Gasteiger partial charge in [-0.05, 0) is 42.9 Å². The lowest BCUT2D eigenvalue weighted by molar-refractivity contribution is 0.202. The van der Waals surface area contributed by atoms with Gasteiger partial charge in [0.25, 0.3) is 0 Å². The van der Waals surface area contributed by atoms with Crippen molar-refractivity contribution in [2.45, 2.75) is 32.1 Å². The molecule has 2 aliphatic rings. The van der Waals surface area contributed by atoms with E-state index in [0.717, 1.165) is 35.2 Å². The molecule has 1 saturated heterocycles. The summed E-state index contributed by atoms with van der Waals surface area (Å²) >= 11 is 3.54. The third-order valence-corrected chi connectivity index (χ3v) is 5.69. The topological polar surface area (TPSA) is 29.0 Å². The zero-order chi connectivity index (χ0) is 14.2. The van der Waals surface area contributed by atoms with E-state index in [1.165, 1.54) is 42.9 Å². The summed E-state index contributed by atoms with van der Waals surface area (Å²) in [6.07, 6.45) is 8.85. The Hall–Kier alpha value is -1.16. The predicted octanol–water partition coefficient (Wildman–Crippen LogP) is 4.41. The highest BCUT2D eigenvalue weighted by Crippen LogP contribution is 2.38. The zero-order valence-electron chi connectivity index (χ0n) is 12.1. The standard InChI is InChI=1S/C17H20BrN3/c18-15-5-6-16-14(9-15)10-19-20-17(16)21-8-7-12-3-1-2-4-13(12)11-21/h5-6,9-10,12-13H,1-4,7-8,11H2. The molecule has 1 saturated carbocycles. The van der Waals surface area contributed by atoms with Crippen LogP contribution >= 0.6 is 15.9 Å². The molecule has 0 N–H and O–H groups in total. The minimum atomic E-state index is 0.861. The molecule has 1 aromatic heterocycles. The van der Waals surface area contributed by atoms with Crippen molar-refractivity contribution in [1.82, 2.24) is 10.2 Å². The van der Waals surface area contributed by atoms with E-state index in [0.29, 0.717) is 0 Å². The molecule has 0 spiro atoms. The van der Waals surface area contributed by atoms with Crippen LogP contribution < -0.4 is 4.90 Å². The van der Waals surface area contributed by atoms with Crippen LogP contribution in [0.15, 0.2) is 28.9 Å². The molecule has 4 heteroatoms. The van der Waals surface area contributed by atoms with Gasteiger partial charge in [0, 0.05) is 28.3 Å². The summed E-state index contributed by atoms with van der Waals surface area (Å²) in [5, 5.41) is 11.1. The summed E-state index contributed by atoms with van der Waals surface area (Å²) in [6, 6.07) is 6.39. The van der Waals surface area contributed by atoms with Crippen molar-refractivity contribution in [3.8, 4) is 0 Å². The number of halogens is 1. The Kier molecular flexibility index (Phi) is 3.57. The van der Waals surface area contributed by atoms with Crippen LogP contribution in [0.25, 0.3) is 10.8 Å². The molecule has 2 fully saturated rings. The summed E-state index contributed by atoms with van der Waals surface area (Å²) in [7, 11) is 0. The molecule has 0 amide bonds. The number of benzene rings is 1. The van der Waals surface area contributed by atoms with Gasteiger partial charge in [0.15, 0.2) is 5.82 Å². The van der Waals surface area contributed by atoms with E-state index in [1.54, 1.807) is 0 Å². The van der Waals surface area contributed by atoms with E-state index in [1.807, 2.05) is 6.20 Å². The summed E-state index contributed by atoms with van der Waals surface area (Å²) in [6.45, 7) is 2.29. The summed E-state index contributed by atoms with van der Waals surface area (Å²) in [5.74, 6) is 2.89. The number of aromatic nitrogens is 2. The van der Waals surface area contributed by atoms with Crippen LogP contribution in [0.4, 0.5) is 5.82 Å². The molecule has 110 valence electrons. The van der Waals surface area contributed by atoms with Crippen molar-refractivity contribution >= 4 is 32.5 Å². The Morgan fingerprint density at radius 2 is 1.95 bits per heavy atom. The van der Waals surface area contributed by atoms with Crippen molar-refractivity contribution in [3.63, 3.8) is 0 Å². The first-order valence-corrected chi connectivity index (χ1v) is 8.76. The van der Waals surface area contributed by atoms with Gasteiger partial charge in [-0.2, -0.15) is 5.10 Å². The molecule has 1 aliphatic carbocycles. The third-order valence-electron chi connectivity index (χ3n) is 5.19. The minimum Gasteiger partial charge on any atom is -0.354 e. The lowest BCUT2D eigenvalue weighted by atomic mass is 9.75. The SMILES string of the molecule is Brc1ccc2c(N3CCC4CCCCC4C3)nncc2c1. The van der Waals surface area contributed by atoms with Crippen molar-refractivity contribution in [2.75, 3.05) is 18.0 Å². The van der Waals surface area contributed by atoms with Gasteiger partial charge in [0.05, 0.1) is 6.20 Å². The van der Waals surface area contributed by atoms with Crippen LogP contribution in [-0.4, -0.2) is 23.3 Å². The first-order valence-electron chi connectivity index (χ1n) is 7.97. The molecule has 2 heterocycles. The molecule has 0 bridgehead atoms. The van der Waals surface area contributed by atoms with E-state index in [2.05, 4.69) is 49.2 Å². The van der Waals surface area contributed by atoms with Crippen LogP contribution in [0.5, 0.6) is 0 Å². The van der Waals surface area contributed by atoms with Crippen molar-refractivity contribution in [3.05, 3.63) is 28.9 Å². The quantitative estimate of drug-likeness (QED) is 0.766. The van der Waals surface area contributed by atoms with Gasteiger partial charge >= 0.3 is 0 Å². The summed E-state index contributed by atoms with van der Waals surface area (Å²) in [5.41, 5.74) is 0. The van der Waals surface area contributed by atoms with Crippen LogP contribution in [-0.2, 0) is 0 Å². The van der Waals surface area contributed by atoms with Crippen molar-refractivity contribution in [2.24, 2.45) is 11.8 Å². The Morgan fingerprint density at radius 3 is 2.86 bits per heavy atom. The number of rotatable bonds is 1. The first kappa shape index (κ1) is 13.5. The first-order chi connectivity index (χ1) is 10.3. The van der Waals surface area contributed by atoms with E-state index in [-0.39, 0.29) is 0 Å². The molecule has 21 heavy (non-hydrogen) atoms. The van der Waals surface area contributed by atoms with Gasteiger partial charge in [0.2, 0.25) is 0 Å². The maximum Gasteiger partial charge on any atom is 0.159 e. The van der Waals surface area contributed by atoms with Gasteiger partial charge in [0.1, 0.15) is 0 Å². The summed E-state index contributed by atoms with van der Waals surface area (Å²) in [4.78, 5) is 2.47. The number of fused-ring (bicyclic) bond motifs is 2. The number of anilines is 1. The molecule has 0 radical (unpaired) electrons. The molecule has 3 nitrogen and oxygen atoms in total.